The van der Waals surface area contributed by atoms with E-state index in [9.17, 15) is 9.90 Å². The molecule has 0 bridgehead atoms. The summed E-state index contributed by atoms with van der Waals surface area (Å²) >= 11 is 0. The fraction of sp³-hybridized carbons (Fsp3) is 0.588. The Kier molecular flexibility index (Phi) is 4.64. The van der Waals surface area contributed by atoms with Gasteiger partial charge in [-0.2, -0.15) is 0 Å². The molecule has 2 amide bonds. The summed E-state index contributed by atoms with van der Waals surface area (Å²) in [6.45, 7) is 2.09. The smallest absolute Gasteiger partial charge is 0.314 e. The molecule has 2 atom stereocenters. The van der Waals surface area contributed by atoms with Crippen molar-refractivity contribution in [2.45, 2.75) is 30.8 Å². The van der Waals surface area contributed by atoms with Crippen LogP contribution < -0.4 is 10.6 Å². The largest absolute Gasteiger partial charge is 0.388 e. The number of ether oxygens (including phenoxy) is 1. The zero-order chi connectivity index (χ0) is 15.4. The Balaban J connectivity index is 1.35. The molecular formula is C17H24N2O3. The summed E-state index contributed by atoms with van der Waals surface area (Å²) in [6, 6.07) is 10.2. The molecule has 1 aromatic rings. The van der Waals surface area contributed by atoms with Gasteiger partial charge in [-0.3, -0.25) is 0 Å². The highest BCUT2D eigenvalue weighted by atomic mass is 16.5. The van der Waals surface area contributed by atoms with Crippen LogP contribution >= 0.6 is 0 Å². The van der Waals surface area contributed by atoms with Crippen molar-refractivity contribution < 1.29 is 14.6 Å². The van der Waals surface area contributed by atoms with E-state index in [0.717, 1.165) is 6.42 Å². The van der Waals surface area contributed by atoms with E-state index in [0.29, 0.717) is 44.4 Å². The summed E-state index contributed by atoms with van der Waals surface area (Å²) < 4.78 is 5.22. The van der Waals surface area contributed by atoms with Crippen molar-refractivity contribution in [1.29, 1.82) is 0 Å². The lowest BCUT2D eigenvalue weighted by atomic mass is 9.94. The second-order valence-corrected chi connectivity index (χ2v) is 6.41. The SMILES string of the molecule is O=C(NCC1CC1c1ccccc1)NCC1(O)CCOCC1. The van der Waals surface area contributed by atoms with Gasteiger partial charge in [0, 0.05) is 39.1 Å². The van der Waals surface area contributed by atoms with Crippen molar-refractivity contribution >= 4 is 6.03 Å². The molecule has 22 heavy (non-hydrogen) atoms. The third kappa shape index (κ3) is 3.99. The van der Waals surface area contributed by atoms with Crippen molar-refractivity contribution in [3.05, 3.63) is 35.9 Å². The number of hydrogen-bond acceptors (Lipinski definition) is 3. The maximum Gasteiger partial charge on any atom is 0.314 e. The van der Waals surface area contributed by atoms with Gasteiger partial charge in [0.05, 0.1) is 5.60 Å². The third-order valence-electron chi connectivity index (χ3n) is 4.68. The van der Waals surface area contributed by atoms with Crippen LogP contribution in [0.5, 0.6) is 0 Å². The maximum absolute atomic E-state index is 11.8. The van der Waals surface area contributed by atoms with E-state index in [2.05, 4.69) is 34.9 Å². The van der Waals surface area contributed by atoms with E-state index in [1.807, 2.05) is 6.07 Å². The zero-order valence-corrected chi connectivity index (χ0v) is 12.8. The minimum Gasteiger partial charge on any atom is -0.388 e. The summed E-state index contributed by atoms with van der Waals surface area (Å²) in [6.07, 6.45) is 2.28. The Morgan fingerprint density at radius 3 is 2.68 bits per heavy atom. The van der Waals surface area contributed by atoms with E-state index < -0.39 is 5.60 Å². The first-order valence-corrected chi connectivity index (χ1v) is 8.03. The third-order valence-corrected chi connectivity index (χ3v) is 4.68. The van der Waals surface area contributed by atoms with Gasteiger partial charge in [-0.1, -0.05) is 30.3 Å². The topological polar surface area (TPSA) is 70.6 Å². The number of aliphatic hydroxyl groups is 1. The number of hydrogen-bond donors (Lipinski definition) is 3. The lowest BCUT2D eigenvalue weighted by Gasteiger charge is -2.32. The van der Waals surface area contributed by atoms with Gasteiger partial charge < -0.3 is 20.5 Å². The molecule has 1 heterocycles. The minimum absolute atomic E-state index is 0.196. The van der Waals surface area contributed by atoms with Crippen molar-refractivity contribution in [3.8, 4) is 0 Å². The monoisotopic (exact) mass is 304 g/mol. The highest BCUT2D eigenvalue weighted by Crippen LogP contribution is 2.46. The number of carbonyl (C=O) groups excluding carboxylic acids is 1. The van der Waals surface area contributed by atoms with Crippen LogP contribution in [0, 0.1) is 5.92 Å². The number of urea groups is 1. The molecule has 1 saturated heterocycles. The van der Waals surface area contributed by atoms with E-state index in [4.69, 9.17) is 4.74 Å². The van der Waals surface area contributed by atoms with Crippen LogP contribution in [0.4, 0.5) is 4.79 Å². The second kappa shape index (κ2) is 6.67. The molecule has 2 unspecified atom stereocenters. The average Bonchev–Trinajstić information content (AvgIpc) is 3.32. The van der Waals surface area contributed by atoms with Crippen LogP contribution in [0.15, 0.2) is 30.3 Å². The van der Waals surface area contributed by atoms with Crippen LogP contribution in [-0.4, -0.2) is 43.0 Å². The van der Waals surface area contributed by atoms with E-state index in [1.54, 1.807) is 0 Å². The summed E-state index contributed by atoms with van der Waals surface area (Å²) in [5.74, 6) is 1.10. The molecule has 3 N–H and O–H groups in total. The van der Waals surface area contributed by atoms with Gasteiger partial charge in [-0.15, -0.1) is 0 Å². The Labute approximate surface area is 131 Å². The van der Waals surface area contributed by atoms with Gasteiger partial charge in [0.1, 0.15) is 0 Å². The molecule has 1 aromatic carbocycles. The molecule has 120 valence electrons. The fourth-order valence-corrected chi connectivity index (χ4v) is 3.04. The molecule has 5 heteroatoms. The van der Waals surface area contributed by atoms with Crippen LogP contribution in [-0.2, 0) is 4.74 Å². The van der Waals surface area contributed by atoms with Gasteiger partial charge in [0.25, 0.3) is 0 Å². The average molecular weight is 304 g/mol. The van der Waals surface area contributed by atoms with Crippen molar-refractivity contribution in [2.75, 3.05) is 26.3 Å². The summed E-state index contributed by atoms with van der Waals surface area (Å²) in [7, 11) is 0. The number of carbonyl (C=O) groups is 1. The molecule has 0 spiro atoms. The van der Waals surface area contributed by atoms with Crippen LogP contribution in [0.25, 0.3) is 0 Å². The highest BCUT2D eigenvalue weighted by Gasteiger charge is 2.38. The molecule has 0 aromatic heterocycles. The predicted octanol–water partition coefficient (Wildman–Crippen LogP) is 1.63. The zero-order valence-electron chi connectivity index (χ0n) is 12.8. The van der Waals surface area contributed by atoms with Gasteiger partial charge in [0.15, 0.2) is 0 Å². The number of benzene rings is 1. The standard InChI is InChI=1S/C17H24N2O3/c20-16(19-12-17(21)6-8-22-9-7-17)18-11-14-10-15(14)13-4-2-1-3-5-13/h1-5,14-15,21H,6-12H2,(H2,18,19,20). The van der Waals surface area contributed by atoms with E-state index in [1.165, 1.54) is 5.56 Å². The van der Waals surface area contributed by atoms with Crippen molar-refractivity contribution in [2.24, 2.45) is 5.92 Å². The Hall–Kier alpha value is -1.59. The quantitative estimate of drug-likeness (QED) is 0.774. The Morgan fingerprint density at radius 1 is 1.23 bits per heavy atom. The minimum atomic E-state index is -0.818. The van der Waals surface area contributed by atoms with Gasteiger partial charge in [-0.05, 0) is 23.8 Å². The summed E-state index contributed by atoms with van der Waals surface area (Å²) in [5.41, 5.74) is 0.535. The molecule has 0 radical (unpaired) electrons. The summed E-state index contributed by atoms with van der Waals surface area (Å²) in [4.78, 5) is 11.8. The molecule has 5 nitrogen and oxygen atoms in total. The first kappa shape index (κ1) is 15.3. The predicted molar refractivity (Wildman–Crippen MR) is 83.7 cm³/mol. The number of nitrogens with one attached hydrogen (secondary N) is 2. The van der Waals surface area contributed by atoms with Gasteiger partial charge >= 0.3 is 6.03 Å². The lowest BCUT2D eigenvalue weighted by molar-refractivity contribution is -0.0600. The van der Waals surface area contributed by atoms with Crippen LogP contribution in [0.3, 0.4) is 0 Å². The van der Waals surface area contributed by atoms with Crippen molar-refractivity contribution in [1.82, 2.24) is 10.6 Å². The second-order valence-electron chi connectivity index (χ2n) is 6.41. The highest BCUT2D eigenvalue weighted by molar-refractivity contribution is 5.73. The van der Waals surface area contributed by atoms with Crippen molar-refractivity contribution in [3.63, 3.8) is 0 Å². The maximum atomic E-state index is 11.8. The van der Waals surface area contributed by atoms with E-state index in [-0.39, 0.29) is 12.6 Å². The lowest BCUT2D eigenvalue weighted by Crippen LogP contribution is -2.49. The molecule has 2 fully saturated rings. The molecule has 3 rings (SSSR count). The van der Waals surface area contributed by atoms with E-state index >= 15 is 0 Å². The Morgan fingerprint density at radius 2 is 1.95 bits per heavy atom. The molecule has 1 aliphatic heterocycles. The number of rotatable bonds is 5. The number of amides is 2. The van der Waals surface area contributed by atoms with Crippen LogP contribution in [0.2, 0.25) is 0 Å². The fourth-order valence-electron chi connectivity index (χ4n) is 3.04. The molecular weight excluding hydrogens is 280 g/mol. The van der Waals surface area contributed by atoms with Crippen LogP contribution in [0.1, 0.15) is 30.7 Å². The molecule has 1 aliphatic carbocycles. The normalized spacial score (nSPS) is 26.2. The Bertz CT molecular complexity index is 500. The molecule has 2 aliphatic rings. The first-order valence-electron chi connectivity index (χ1n) is 8.03. The summed E-state index contributed by atoms with van der Waals surface area (Å²) in [5, 5.41) is 16.0. The van der Waals surface area contributed by atoms with Gasteiger partial charge in [-0.25, -0.2) is 4.79 Å². The molecule has 1 saturated carbocycles. The van der Waals surface area contributed by atoms with Gasteiger partial charge in [0.2, 0.25) is 0 Å². The first-order chi connectivity index (χ1) is 10.7.